The van der Waals surface area contributed by atoms with Crippen molar-refractivity contribution in [2.24, 2.45) is 0 Å². The van der Waals surface area contributed by atoms with Crippen molar-refractivity contribution in [3.05, 3.63) is 71.4 Å². The summed E-state index contributed by atoms with van der Waals surface area (Å²) in [5.41, 5.74) is 4.13. The number of aromatic hydroxyl groups is 1. The molecule has 0 aliphatic carbocycles. The van der Waals surface area contributed by atoms with E-state index in [1.165, 1.54) is 0 Å². The number of carbonyl (C=O) groups is 1. The molecule has 2 aromatic carbocycles. The van der Waals surface area contributed by atoms with E-state index in [2.05, 4.69) is 10.2 Å². The first-order valence-corrected chi connectivity index (χ1v) is 11.4. The summed E-state index contributed by atoms with van der Waals surface area (Å²) in [4.78, 5) is 20.3. The van der Waals surface area contributed by atoms with Crippen molar-refractivity contribution < 1.29 is 14.6 Å². The number of para-hydroxylation sites is 1. The molecule has 1 saturated heterocycles. The SMILES string of the molecule is COc1ccccc1/C=C/c1[nH]nc2nc(-c3ccc(O)cc3)cc(C(=O)N3CCCCC3)c12. The van der Waals surface area contributed by atoms with Gasteiger partial charge in [-0.2, -0.15) is 5.10 Å². The van der Waals surface area contributed by atoms with E-state index in [0.29, 0.717) is 28.0 Å². The van der Waals surface area contributed by atoms with Crippen molar-refractivity contribution in [2.45, 2.75) is 19.3 Å². The summed E-state index contributed by atoms with van der Waals surface area (Å²) in [5, 5.41) is 17.8. The minimum Gasteiger partial charge on any atom is -0.508 e. The lowest BCUT2D eigenvalue weighted by atomic mass is 10.0. The Morgan fingerprint density at radius 1 is 1.06 bits per heavy atom. The highest BCUT2D eigenvalue weighted by molar-refractivity contribution is 6.09. The first-order chi connectivity index (χ1) is 16.6. The number of nitrogens with zero attached hydrogens (tertiary/aromatic N) is 3. The van der Waals surface area contributed by atoms with Crippen LogP contribution in [0.1, 0.15) is 40.9 Å². The number of piperidine rings is 1. The van der Waals surface area contributed by atoms with Gasteiger partial charge >= 0.3 is 0 Å². The van der Waals surface area contributed by atoms with Gasteiger partial charge in [0.1, 0.15) is 11.5 Å². The highest BCUT2D eigenvalue weighted by Crippen LogP contribution is 2.30. The molecule has 0 atom stereocenters. The fraction of sp³-hybridized carbons (Fsp3) is 0.222. The van der Waals surface area contributed by atoms with Crippen LogP contribution in [0.2, 0.25) is 0 Å². The monoisotopic (exact) mass is 454 g/mol. The molecule has 3 heterocycles. The Balaban J connectivity index is 1.62. The van der Waals surface area contributed by atoms with Gasteiger partial charge in [0.2, 0.25) is 0 Å². The topological polar surface area (TPSA) is 91.3 Å². The third-order valence-electron chi connectivity index (χ3n) is 6.16. The van der Waals surface area contributed by atoms with Gasteiger partial charge in [-0.25, -0.2) is 4.98 Å². The summed E-state index contributed by atoms with van der Waals surface area (Å²) in [6.07, 6.45) is 7.01. The summed E-state index contributed by atoms with van der Waals surface area (Å²) in [7, 11) is 1.64. The molecular weight excluding hydrogens is 428 g/mol. The molecule has 0 unspecified atom stereocenters. The Hall–Kier alpha value is -4.13. The number of phenolic OH excluding ortho intramolecular Hbond substituents is 1. The van der Waals surface area contributed by atoms with Crippen LogP contribution in [0.25, 0.3) is 34.4 Å². The molecule has 0 saturated carbocycles. The molecule has 1 aliphatic heterocycles. The molecular formula is C27H26N4O3. The average molecular weight is 455 g/mol. The molecule has 0 bridgehead atoms. The lowest BCUT2D eigenvalue weighted by molar-refractivity contribution is 0.0726. The number of hydrogen-bond acceptors (Lipinski definition) is 5. The lowest BCUT2D eigenvalue weighted by Crippen LogP contribution is -2.35. The fourth-order valence-corrected chi connectivity index (χ4v) is 4.36. The highest BCUT2D eigenvalue weighted by atomic mass is 16.5. The quantitative estimate of drug-likeness (QED) is 0.436. The number of amides is 1. The molecule has 34 heavy (non-hydrogen) atoms. The maximum absolute atomic E-state index is 13.6. The number of fused-ring (bicyclic) bond motifs is 1. The molecule has 2 aromatic heterocycles. The van der Waals surface area contributed by atoms with Crippen molar-refractivity contribution in [2.75, 3.05) is 20.2 Å². The summed E-state index contributed by atoms with van der Waals surface area (Å²) in [5.74, 6) is 0.929. The maximum atomic E-state index is 13.6. The van der Waals surface area contributed by atoms with Gasteiger partial charge in [0.05, 0.1) is 29.4 Å². The number of pyridine rings is 1. The summed E-state index contributed by atoms with van der Waals surface area (Å²) in [6.45, 7) is 1.50. The number of likely N-dealkylation sites (tertiary alicyclic amines) is 1. The van der Waals surface area contributed by atoms with E-state index in [-0.39, 0.29) is 11.7 Å². The molecule has 1 amide bonds. The minimum absolute atomic E-state index is 0.0135. The number of methoxy groups -OCH3 is 1. The van der Waals surface area contributed by atoms with Crippen molar-refractivity contribution in [3.8, 4) is 22.8 Å². The van der Waals surface area contributed by atoms with Gasteiger partial charge in [0.25, 0.3) is 5.91 Å². The normalized spacial score (nSPS) is 14.1. The molecule has 172 valence electrons. The Labute approximate surface area is 197 Å². The molecule has 0 radical (unpaired) electrons. The number of ether oxygens (including phenoxy) is 1. The van der Waals surface area contributed by atoms with Crippen molar-refractivity contribution in [1.82, 2.24) is 20.1 Å². The molecule has 7 nitrogen and oxygen atoms in total. The van der Waals surface area contributed by atoms with Crippen molar-refractivity contribution in [1.29, 1.82) is 0 Å². The van der Waals surface area contributed by atoms with Crippen molar-refractivity contribution in [3.63, 3.8) is 0 Å². The second-order valence-corrected chi connectivity index (χ2v) is 8.37. The molecule has 0 spiro atoms. The highest BCUT2D eigenvalue weighted by Gasteiger charge is 2.24. The maximum Gasteiger partial charge on any atom is 0.254 e. The predicted molar refractivity (Wildman–Crippen MR) is 133 cm³/mol. The Morgan fingerprint density at radius 2 is 1.82 bits per heavy atom. The number of aromatic amines is 1. The van der Waals surface area contributed by atoms with Gasteiger partial charge < -0.3 is 14.7 Å². The van der Waals surface area contributed by atoms with E-state index < -0.39 is 0 Å². The molecule has 2 N–H and O–H groups in total. The predicted octanol–water partition coefficient (Wildman–Crippen LogP) is 5.14. The third kappa shape index (κ3) is 4.24. The lowest BCUT2D eigenvalue weighted by Gasteiger charge is -2.27. The zero-order valence-electron chi connectivity index (χ0n) is 19.0. The van der Waals surface area contributed by atoms with E-state index >= 15 is 0 Å². The summed E-state index contributed by atoms with van der Waals surface area (Å²) < 4.78 is 5.45. The van der Waals surface area contributed by atoms with E-state index in [0.717, 1.165) is 49.2 Å². The molecule has 1 aliphatic rings. The number of nitrogens with one attached hydrogen (secondary N) is 1. The first kappa shape index (κ1) is 21.7. The standard InChI is InChI=1S/C27H26N4O3/c1-34-24-8-4-3-7-19(24)11-14-22-25-21(27(33)31-15-5-2-6-16-31)17-23(28-26(25)30-29-22)18-9-12-20(32)13-10-18/h3-4,7-14,17,32H,2,5-6,15-16H2,1H3,(H,28,29,30)/b14-11+. The van der Waals surface area contributed by atoms with Gasteiger partial charge in [-0.3, -0.25) is 9.89 Å². The molecule has 1 fully saturated rings. The Kier molecular flexibility index (Phi) is 5.99. The van der Waals surface area contributed by atoms with Crippen LogP contribution in [-0.2, 0) is 0 Å². The van der Waals surface area contributed by atoms with Crippen molar-refractivity contribution >= 4 is 29.1 Å². The largest absolute Gasteiger partial charge is 0.508 e. The Bertz CT molecular complexity index is 1350. The smallest absolute Gasteiger partial charge is 0.254 e. The zero-order valence-corrected chi connectivity index (χ0v) is 19.0. The number of rotatable bonds is 5. The van der Waals surface area contributed by atoms with Gasteiger partial charge in [-0.15, -0.1) is 0 Å². The minimum atomic E-state index is -0.0135. The van der Waals surface area contributed by atoms with Crippen LogP contribution in [0.4, 0.5) is 0 Å². The third-order valence-corrected chi connectivity index (χ3v) is 6.16. The van der Waals surface area contributed by atoms with Crippen LogP contribution in [-0.4, -0.2) is 51.3 Å². The summed E-state index contributed by atoms with van der Waals surface area (Å²) in [6, 6.07) is 16.4. The second kappa shape index (κ2) is 9.39. The first-order valence-electron chi connectivity index (χ1n) is 11.4. The molecule has 7 heteroatoms. The van der Waals surface area contributed by atoms with E-state index in [1.807, 2.05) is 47.4 Å². The van der Waals surface area contributed by atoms with E-state index in [1.54, 1.807) is 31.4 Å². The summed E-state index contributed by atoms with van der Waals surface area (Å²) >= 11 is 0. The van der Waals surface area contributed by atoms with Crippen LogP contribution < -0.4 is 4.74 Å². The molecule has 5 rings (SSSR count). The fourth-order valence-electron chi connectivity index (χ4n) is 4.36. The second-order valence-electron chi connectivity index (χ2n) is 8.37. The zero-order chi connectivity index (χ0) is 23.5. The number of carbonyl (C=O) groups excluding carboxylic acids is 1. The van der Waals surface area contributed by atoms with Gasteiger partial charge in [-0.05, 0) is 67.8 Å². The van der Waals surface area contributed by atoms with Crippen LogP contribution in [0.15, 0.2) is 54.6 Å². The number of phenols is 1. The van der Waals surface area contributed by atoms with Gasteiger partial charge in [0.15, 0.2) is 5.65 Å². The van der Waals surface area contributed by atoms with Crippen LogP contribution in [0, 0.1) is 0 Å². The number of hydrogen-bond donors (Lipinski definition) is 2. The van der Waals surface area contributed by atoms with Crippen LogP contribution >= 0.6 is 0 Å². The van der Waals surface area contributed by atoms with Gasteiger partial charge in [0, 0.05) is 24.2 Å². The number of H-pyrrole nitrogens is 1. The molecule has 4 aromatic rings. The van der Waals surface area contributed by atoms with Gasteiger partial charge in [-0.1, -0.05) is 18.2 Å². The number of benzene rings is 2. The van der Waals surface area contributed by atoms with E-state index in [9.17, 15) is 9.90 Å². The number of aromatic nitrogens is 3. The van der Waals surface area contributed by atoms with E-state index in [4.69, 9.17) is 9.72 Å². The Morgan fingerprint density at radius 3 is 2.59 bits per heavy atom. The van der Waals surface area contributed by atoms with Crippen LogP contribution in [0.3, 0.4) is 0 Å². The average Bonchev–Trinajstić information content (AvgIpc) is 3.30. The van der Waals surface area contributed by atoms with Crippen LogP contribution in [0.5, 0.6) is 11.5 Å².